The van der Waals surface area contributed by atoms with Crippen LogP contribution in [0.1, 0.15) is 48.9 Å². The van der Waals surface area contributed by atoms with E-state index in [4.69, 9.17) is 14.0 Å². The number of rotatable bonds is 8. The Kier molecular flexibility index (Phi) is 6.28. The Morgan fingerprint density at radius 2 is 2.15 bits per heavy atom. The van der Waals surface area contributed by atoms with E-state index < -0.39 is 0 Å². The molecule has 3 rings (SSSR count). The molecule has 6 heteroatoms. The van der Waals surface area contributed by atoms with Crippen molar-refractivity contribution in [2.75, 3.05) is 26.3 Å². The molecule has 1 atom stereocenters. The molecule has 0 N–H and O–H groups in total. The lowest BCUT2D eigenvalue weighted by molar-refractivity contribution is 0.0486. The molecule has 1 saturated heterocycles. The topological polar surface area (TPSA) is 64.8 Å². The minimum absolute atomic E-state index is 0.0761. The minimum atomic E-state index is -0.146. The number of benzene rings is 1. The molecular weight excluding hydrogens is 332 g/mol. The number of hydrogen-bond acceptors (Lipinski definition) is 5. The number of carbonyl (C=O) groups excluding carboxylic acids is 1. The molecule has 1 fully saturated rings. The van der Waals surface area contributed by atoms with Crippen LogP contribution in [0.25, 0.3) is 0 Å². The molecule has 140 valence electrons. The maximum atomic E-state index is 12.9. The van der Waals surface area contributed by atoms with Crippen LogP contribution in [0.15, 0.2) is 40.9 Å². The number of nitrogens with zero attached hydrogens (tertiary/aromatic N) is 2. The second-order valence-corrected chi connectivity index (χ2v) is 6.82. The molecular formula is C20H26N2O4. The summed E-state index contributed by atoms with van der Waals surface area (Å²) in [4.78, 5) is 14.7. The third kappa shape index (κ3) is 4.85. The first kappa shape index (κ1) is 18.5. The number of carbonyl (C=O) groups is 1. The number of amides is 1. The Bertz CT molecular complexity index is 693. The van der Waals surface area contributed by atoms with Crippen molar-refractivity contribution in [3.05, 3.63) is 47.9 Å². The second kappa shape index (κ2) is 8.85. The summed E-state index contributed by atoms with van der Waals surface area (Å²) in [5.41, 5.74) is 0.339. The van der Waals surface area contributed by atoms with Crippen LogP contribution in [-0.2, 0) is 4.74 Å². The molecule has 1 aromatic heterocycles. The van der Waals surface area contributed by atoms with E-state index in [1.165, 1.54) is 0 Å². The van der Waals surface area contributed by atoms with E-state index in [0.717, 1.165) is 25.2 Å². The Morgan fingerprint density at radius 1 is 1.35 bits per heavy atom. The molecule has 1 amide bonds. The van der Waals surface area contributed by atoms with Gasteiger partial charge in [-0.1, -0.05) is 37.2 Å². The predicted molar refractivity (Wildman–Crippen MR) is 97.4 cm³/mol. The zero-order valence-corrected chi connectivity index (χ0v) is 15.4. The highest BCUT2D eigenvalue weighted by Gasteiger charge is 2.25. The average molecular weight is 358 g/mol. The van der Waals surface area contributed by atoms with Crippen molar-refractivity contribution in [1.29, 1.82) is 0 Å². The average Bonchev–Trinajstić information content (AvgIpc) is 3.33. The maximum absolute atomic E-state index is 12.9. The molecule has 1 aromatic carbocycles. The lowest BCUT2D eigenvalue weighted by Gasteiger charge is -2.24. The zero-order chi connectivity index (χ0) is 18.4. The summed E-state index contributed by atoms with van der Waals surface area (Å²) in [6.45, 7) is 6.20. The van der Waals surface area contributed by atoms with Gasteiger partial charge in [0, 0.05) is 25.1 Å². The Morgan fingerprint density at radius 3 is 2.81 bits per heavy atom. The smallest absolute Gasteiger partial charge is 0.276 e. The van der Waals surface area contributed by atoms with Crippen molar-refractivity contribution in [1.82, 2.24) is 10.1 Å². The van der Waals surface area contributed by atoms with E-state index in [-0.39, 0.29) is 17.9 Å². The lowest BCUT2D eigenvalue weighted by atomic mass is 10.1. The third-order valence-corrected chi connectivity index (χ3v) is 4.42. The van der Waals surface area contributed by atoms with Crippen LogP contribution in [-0.4, -0.2) is 48.4 Å². The quantitative estimate of drug-likeness (QED) is 0.723. The van der Waals surface area contributed by atoms with Crippen molar-refractivity contribution in [3.63, 3.8) is 0 Å². The van der Waals surface area contributed by atoms with Gasteiger partial charge in [-0.3, -0.25) is 4.79 Å². The Balaban J connectivity index is 1.64. The van der Waals surface area contributed by atoms with Crippen LogP contribution in [0.3, 0.4) is 0 Å². The maximum Gasteiger partial charge on any atom is 0.276 e. The molecule has 0 saturated carbocycles. The number of aromatic nitrogens is 1. The van der Waals surface area contributed by atoms with Gasteiger partial charge < -0.3 is 18.9 Å². The fraction of sp³-hybridized carbons (Fsp3) is 0.500. The summed E-state index contributed by atoms with van der Waals surface area (Å²) in [7, 11) is 0. The van der Waals surface area contributed by atoms with E-state index >= 15 is 0 Å². The molecule has 0 aliphatic carbocycles. The second-order valence-electron chi connectivity index (χ2n) is 6.82. The van der Waals surface area contributed by atoms with Crippen molar-refractivity contribution in [2.45, 2.75) is 38.7 Å². The molecule has 1 aliphatic heterocycles. The first-order chi connectivity index (χ1) is 12.6. The van der Waals surface area contributed by atoms with Crippen molar-refractivity contribution >= 4 is 5.91 Å². The fourth-order valence-electron chi connectivity index (χ4n) is 2.92. The summed E-state index contributed by atoms with van der Waals surface area (Å²) in [6.07, 6.45) is 2.08. The van der Waals surface area contributed by atoms with Crippen LogP contribution >= 0.6 is 0 Å². The highest BCUT2D eigenvalue weighted by molar-refractivity contribution is 5.92. The Labute approximate surface area is 154 Å². The summed E-state index contributed by atoms with van der Waals surface area (Å²) < 4.78 is 16.7. The fourth-order valence-corrected chi connectivity index (χ4v) is 2.92. The van der Waals surface area contributed by atoms with Gasteiger partial charge in [0.05, 0.1) is 12.6 Å². The van der Waals surface area contributed by atoms with Crippen LogP contribution < -0.4 is 4.74 Å². The standard InChI is InChI=1S/C20H26N2O4/c1-15(2)19-13-18(21-26-19)20(23)22(14-17-9-6-11-24-17)10-12-25-16-7-4-3-5-8-16/h3-5,7-8,13,15,17H,6,9-12,14H2,1-2H3/t17-/m1/s1. The van der Waals surface area contributed by atoms with Crippen molar-refractivity contribution in [3.8, 4) is 5.75 Å². The van der Waals surface area contributed by atoms with E-state index in [9.17, 15) is 4.79 Å². The number of ether oxygens (including phenoxy) is 2. The van der Waals surface area contributed by atoms with E-state index in [1.807, 2.05) is 44.2 Å². The summed E-state index contributed by atoms with van der Waals surface area (Å²) in [6, 6.07) is 11.3. The SMILES string of the molecule is CC(C)c1cc(C(=O)N(CCOc2ccccc2)C[C@H]2CCCO2)no1. The van der Waals surface area contributed by atoms with E-state index in [0.29, 0.717) is 31.2 Å². The predicted octanol–water partition coefficient (Wildman–Crippen LogP) is 3.50. The highest BCUT2D eigenvalue weighted by Crippen LogP contribution is 2.18. The lowest BCUT2D eigenvalue weighted by Crippen LogP contribution is -2.40. The van der Waals surface area contributed by atoms with Gasteiger partial charge in [-0.25, -0.2) is 0 Å². The molecule has 0 bridgehead atoms. The number of hydrogen-bond donors (Lipinski definition) is 0. The first-order valence-corrected chi connectivity index (χ1v) is 9.19. The van der Waals surface area contributed by atoms with Gasteiger partial charge in [0.1, 0.15) is 18.1 Å². The molecule has 0 radical (unpaired) electrons. The van der Waals surface area contributed by atoms with Crippen LogP contribution in [0, 0.1) is 0 Å². The Hall–Kier alpha value is -2.34. The monoisotopic (exact) mass is 358 g/mol. The van der Waals surface area contributed by atoms with Crippen molar-refractivity contribution in [2.24, 2.45) is 0 Å². The normalized spacial score (nSPS) is 16.8. The van der Waals surface area contributed by atoms with Gasteiger partial charge in [-0.05, 0) is 25.0 Å². The summed E-state index contributed by atoms with van der Waals surface area (Å²) >= 11 is 0. The van der Waals surface area contributed by atoms with Gasteiger partial charge in [-0.15, -0.1) is 0 Å². The largest absolute Gasteiger partial charge is 0.492 e. The first-order valence-electron chi connectivity index (χ1n) is 9.19. The molecule has 26 heavy (non-hydrogen) atoms. The molecule has 2 aromatic rings. The van der Waals surface area contributed by atoms with E-state index in [1.54, 1.807) is 11.0 Å². The zero-order valence-electron chi connectivity index (χ0n) is 15.4. The van der Waals surface area contributed by atoms with Gasteiger partial charge in [0.2, 0.25) is 0 Å². The molecule has 6 nitrogen and oxygen atoms in total. The molecule has 2 heterocycles. The van der Waals surface area contributed by atoms with Gasteiger partial charge in [0.15, 0.2) is 5.69 Å². The molecule has 0 spiro atoms. The van der Waals surface area contributed by atoms with Crippen LogP contribution in [0.2, 0.25) is 0 Å². The van der Waals surface area contributed by atoms with Crippen LogP contribution in [0.5, 0.6) is 5.75 Å². The number of para-hydroxylation sites is 1. The minimum Gasteiger partial charge on any atom is -0.492 e. The van der Waals surface area contributed by atoms with Gasteiger partial charge in [0.25, 0.3) is 5.91 Å². The third-order valence-electron chi connectivity index (χ3n) is 4.42. The molecule has 1 aliphatic rings. The van der Waals surface area contributed by atoms with Gasteiger partial charge in [-0.2, -0.15) is 0 Å². The highest BCUT2D eigenvalue weighted by atomic mass is 16.5. The summed E-state index contributed by atoms with van der Waals surface area (Å²) in [5, 5.41) is 3.95. The van der Waals surface area contributed by atoms with Crippen LogP contribution in [0.4, 0.5) is 0 Å². The van der Waals surface area contributed by atoms with Crippen molar-refractivity contribution < 1.29 is 18.8 Å². The van der Waals surface area contributed by atoms with E-state index in [2.05, 4.69) is 5.16 Å². The summed E-state index contributed by atoms with van der Waals surface area (Å²) in [5.74, 6) is 1.55. The molecule has 0 unspecified atom stereocenters. The van der Waals surface area contributed by atoms with Gasteiger partial charge >= 0.3 is 0 Å².